The van der Waals surface area contributed by atoms with Crippen LogP contribution in [0.2, 0.25) is 0 Å². The lowest BCUT2D eigenvalue weighted by atomic mass is 10.00. The number of allylic oxidation sites excluding steroid dienone is 6. The Bertz CT molecular complexity index is 1300. The summed E-state index contributed by atoms with van der Waals surface area (Å²) in [6, 6.07) is 0. The first-order valence-electron chi connectivity index (χ1n) is 25.0. The smallest absolute Gasteiger partial charge is 0.306 e. The van der Waals surface area contributed by atoms with E-state index < -0.39 is 71.2 Å². The Kier molecular flexibility index (Phi) is 37.5. The molecule has 0 aromatic heterocycles. The van der Waals surface area contributed by atoms with Crippen LogP contribution in [-0.4, -0.2) is 96.0 Å². The fraction of sp³-hybridized carbons (Fsp3) is 0.840. The highest BCUT2D eigenvalue weighted by molar-refractivity contribution is 7.85. The summed E-state index contributed by atoms with van der Waals surface area (Å²) in [6.45, 7) is 3.75. The number of carbonyl (C=O) groups is 2. The first-order valence-corrected chi connectivity index (χ1v) is 26.7. The van der Waals surface area contributed by atoms with Gasteiger partial charge in [-0.25, -0.2) is 0 Å². The van der Waals surface area contributed by atoms with E-state index in [0.29, 0.717) is 12.8 Å². The van der Waals surface area contributed by atoms with Gasteiger partial charge in [0.15, 0.2) is 12.4 Å². The molecular weight excluding hydrogens is 825 g/mol. The molecule has 0 aromatic rings. The minimum absolute atomic E-state index is 0.158. The minimum atomic E-state index is -4.60. The maximum Gasteiger partial charge on any atom is 0.306 e. The molecular formula is C50H90O12S. The highest BCUT2D eigenvalue weighted by atomic mass is 32.2. The van der Waals surface area contributed by atoms with Gasteiger partial charge in [0.25, 0.3) is 10.1 Å². The number of carbonyl (C=O) groups excluding carboxylic acids is 2. The van der Waals surface area contributed by atoms with E-state index in [-0.39, 0.29) is 19.4 Å². The van der Waals surface area contributed by atoms with Crippen molar-refractivity contribution in [3.05, 3.63) is 36.5 Å². The van der Waals surface area contributed by atoms with E-state index in [1.807, 2.05) is 0 Å². The molecule has 1 aliphatic rings. The number of aliphatic hydroxyl groups is 3. The van der Waals surface area contributed by atoms with Gasteiger partial charge in [0.05, 0.1) is 6.61 Å². The summed E-state index contributed by atoms with van der Waals surface area (Å²) >= 11 is 0. The van der Waals surface area contributed by atoms with Crippen molar-refractivity contribution < 1.29 is 56.8 Å². The van der Waals surface area contributed by atoms with Gasteiger partial charge in [0.2, 0.25) is 0 Å². The Morgan fingerprint density at radius 3 is 1.41 bits per heavy atom. The van der Waals surface area contributed by atoms with Gasteiger partial charge < -0.3 is 34.3 Å². The largest absolute Gasteiger partial charge is 0.462 e. The van der Waals surface area contributed by atoms with Crippen molar-refractivity contribution in [1.82, 2.24) is 0 Å². The molecule has 0 amide bonds. The summed E-state index contributed by atoms with van der Waals surface area (Å²) < 4.78 is 54.2. The zero-order valence-corrected chi connectivity index (χ0v) is 40.2. The molecule has 13 heteroatoms. The molecule has 6 unspecified atom stereocenters. The highest BCUT2D eigenvalue weighted by Crippen LogP contribution is 2.24. The Hall–Kier alpha value is -2.13. The highest BCUT2D eigenvalue weighted by Gasteiger charge is 2.46. The standard InChI is InChI=1S/C50H90O12S/c1-3-5-7-9-11-13-15-17-19-20-21-22-23-24-25-27-29-31-33-35-37-39-46(52)61-43(41-60-50-49(55)48(54)47(53)44(62-50)42-63(56,57)58)40-59-45(51)38-36-34-32-30-28-26-18-16-14-12-10-8-6-4-2/h15-18,20-21,43-44,47-50,53-55H,3-14,19,22-42H2,1-2H3,(H,56,57,58)/b17-15-,18-16-,21-20-. The average molecular weight is 915 g/mol. The number of rotatable bonds is 42. The summed E-state index contributed by atoms with van der Waals surface area (Å²) in [5.41, 5.74) is 0. The van der Waals surface area contributed by atoms with E-state index in [1.54, 1.807) is 0 Å². The summed E-state index contributed by atoms with van der Waals surface area (Å²) in [6.07, 6.45) is 37.5. The zero-order chi connectivity index (χ0) is 46.2. The second kappa shape index (κ2) is 40.2. The summed E-state index contributed by atoms with van der Waals surface area (Å²) in [4.78, 5) is 25.5. The predicted molar refractivity (Wildman–Crippen MR) is 252 cm³/mol. The monoisotopic (exact) mass is 915 g/mol. The Balaban J connectivity index is 2.39. The van der Waals surface area contributed by atoms with Crippen LogP contribution in [0.1, 0.15) is 213 Å². The minimum Gasteiger partial charge on any atom is -0.462 e. The fourth-order valence-electron chi connectivity index (χ4n) is 7.53. The van der Waals surface area contributed by atoms with Crippen molar-refractivity contribution in [2.75, 3.05) is 19.0 Å². The van der Waals surface area contributed by atoms with E-state index in [0.717, 1.165) is 77.0 Å². The van der Waals surface area contributed by atoms with Gasteiger partial charge in [-0.15, -0.1) is 0 Å². The third-order valence-corrected chi connectivity index (χ3v) is 12.2. The molecule has 0 radical (unpaired) electrons. The average Bonchev–Trinajstić information content (AvgIpc) is 3.25. The van der Waals surface area contributed by atoms with Crippen LogP contribution in [0, 0.1) is 0 Å². The number of esters is 2. The second-order valence-electron chi connectivity index (χ2n) is 17.5. The fourth-order valence-corrected chi connectivity index (χ4v) is 8.22. The first kappa shape index (κ1) is 58.9. The summed E-state index contributed by atoms with van der Waals surface area (Å²) in [7, 11) is -4.60. The predicted octanol–water partition coefficient (Wildman–Crippen LogP) is 11.0. The molecule has 0 aromatic carbocycles. The van der Waals surface area contributed by atoms with Gasteiger partial charge in [0, 0.05) is 12.8 Å². The zero-order valence-electron chi connectivity index (χ0n) is 39.4. The van der Waals surface area contributed by atoms with Crippen LogP contribution in [-0.2, 0) is 38.7 Å². The number of unbranched alkanes of at least 4 members (excludes halogenated alkanes) is 24. The molecule has 1 rings (SSSR count). The lowest BCUT2D eigenvalue weighted by Gasteiger charge is -2.40. The third kappa shape index (κ3) is 34.8. The van der Waals surface area contributed by atoms with Gasteiger partial charge in [-0.05, 0) is 70.6 Å². The van der Waals surface area contributed by atoms with Crippen molar-refractivity contribution in [3.8, 4) is 0 Å². The number of aliphatic hydroxyl groups excluding tert-OH is 3. The molecule has 1 heterocycles. The Morgan fingerprint density at radius 1 is 0.540 bits per heavy atom. The van der Waals surface area contributed by atoms with Crippen LogP contribution in [0.5, 0.6) is 0 Å². The van der Waals surface area contributed by atoms with E-state index in [4.69, 9.17) is 18.9 Å². The topological polar surface area (TPSA) is 186 Å². The van der Waals surface area contributed by atoms with Crippen molar-refractivity contribution in [2.45, 2.75) is 250 Å². The molecule has 4 N–H and O–H groups in total. The molecule has 0 aliphatic carbocycles. The normalized spacial score (nSPS) is 20.0. The van der Waals surface area contributed by atoms with Gasteiger partial charge in [-0.2, -0.15) is 8.42 Å². The third-order valence-electron chi connectivity index (χ3n) is 11.4. The number of ether oxygens (including phenoxy) is 4. The van der Waals surface area contributed by atoms with Crippen molar-refractivity contribution in [1.29, 1.82) is 0 Å². The van der Waals surface area contributed by atoms with E-state index in [1.165, 1.54) is 96.3 Å². The van der Waals surface area contributed by atoms with Crippen LogP contribution >= 0.6 is 0 Å². The van der Waals surface area contributed by atoms with E-state index >= 15 is 0 Å². The summed E-state index contributed by atoms with van der Waals surface area (Å²) in [5.74, 6) is -1.99. The second-order valence-corrected chi connectivity index (χ2v) is 19.0. The molecule has 368 valence electrons. The molecule has 63 heavy (non-hydrogen) atoms. The SMILES string of the molecule is CCCCCCC/C=C\C/C=C\CCCCCCCCCCCC(=O)OC(COC(=O)CCCCCCC/C=C\CCCCCCC)COC1OC(CS(=O)(=O)O)C(O)C(O)C1O. The lowest BCUT2D eigenvalue weighted by Crippen LogP contribution is -2.60. The van der Waals surface area contributed by atoms with E-state index in [9.17, 15) is 37.9 Å². The first-order chi connectivity index (χ1) is 30.5. The molecule has 0 bridgehead atoms. The molecule has 1 saturated heterocycles. The Labute approximate surface area is 382 Å². The molecule has 1 aliphatic heterocycles. The molecule has 0 spiro atoms. The van der Waals surface area contributed by atoms with Crippen LogP contribution in [0.3, 0.4) is 0 Å². The molecule has 12 nitrogen and oxygen atoms in total. The van der Waals surface area contributed by atoms with Crippen LogP contribution in [0.15, 0.2) is 36.5 Å². The van der Waals surface area contributed by atoms with Crippen LogP contribution in [0.4, 0.5) is 0 Å². The number of hydrogen-bond donors (Lipinski definition) is 4. The maximum absolute atomic E-state index is 12.9. The van der Waals surface area contributed by atoms with Crippen molar-refractivity contribution >= 4 is 22.1 Å². The Morgan fingerprint density at radius 2 is 0.952 bits per heavy atom. The van der Waals surface area contributed by atoms with Crippen LogP contribution in [0.25, 0.3) is 0 Å². The van der Waals surface area contributed by atoms with Gasteiger partial charge in [0.1, 0.15) is 36.8 Å². The van der Waals surface area contributed by atoms with Gasteiger partial charge >= 0.3 is 11.9 Å². The van der Waals surface area contributed by atoms with Gasteiger partial charge in [-0.1, -0.05) is 166 Å². The van der Waals surface area contributed by atoms with Crippen LogP contribution < -0.4 is 0 Å². The molecule has 1 fully saturated rings. The lowest BCUT2D eigenvalue weighted by molar-refractivity contribution is -0.297. The number of hydrogen-bond acceptors (Lipinski definition) is 11. The quantitative estimate of drug-likeness (QED) is 0.0197. The molecule has 0 saturated carbocycles. The molecule has 6 atom stereocenters. The summed E-state index contributed by atoms with van der Waals surface area (Å²) in [5, 5.41) is 30.9. The maximum atomic E-state index is 12.9. The van der Waals surface area contributed by atoms with Crippen molar-refractivity contribution in [3.63, 3.8) is 0 Å². The van der Waals surface area contributed by atoms with Gasteiger partial charge in [-0.3, -0.25) is 14.1 Å². The van der Waals surface area contributed by atoms with Crippen molar-refractivity contribution in [2.24, 2.45) is 0 Å². The van der Waals surface area contributed by atoms with E-state index in [2.05, 4.69) is 50.3 Å².